The molecule has 0 bridgehead atoms. The number of carbonyl (C=O) groups is 1. The van der Waals surface area contributed by atoms with Crippen molar-refractivity contribution in [2.24, 2.45) is 0 Å². The van der Waals surface area contributed by atoms with Crippen molar-refractivity contribution in [1.82, 2.24) is 0 Å². The summed E-state index contributed by atoms with van der Waals surface area (Å²) in [5.41, 5.74) is 0.329. The highest BCUT2D eigenvalue weighted by Gasteiger charge is 2.48. The number of esters is 1. The Bertz CT molecular complexity index is 381. The van der Waals surface area contributed by atoms with Gasteiger partial charge < -0.3 is 14.2 Å². The standard InChI is InChI=1S/C16H24Br2O4/c1-11(2)14(19)22-16(15(17)18,20-12-7-3-4-8-12)21-13-9-5-6-10-13/h12-13,15H,1,3-10H2,2H3. The molecule has 126 valence electrons. The van der Waals surface area contributed by atoms with E-state index in [9.17, 15) is 4.79 Å². The molecule has 2 saturated carbocycles. The minimum Gasteiger partial charge on any atom is -0.403 e. The van der Waals surface area contributed by atoms with Crippen LogP contribution in [0.1, 0.15) is 58.3 Å². The number of hydrogen-bond donors (Lipinski definition) is 0. The summed E-state index contributed by atoms with van der Waals surface area (Å²) in [4.78, 5) is 12.1. The molecule has 0 radical (unpaired) electrons. The van der Waals surface area contributed by atoms with E-state index in [2.05, 4.69) is 38.4 Å². The quantitative estimate of drug-likeness (QED) is 0.247. The fraction of sp³-hybridized carbons (Fsp3) is 0.812. The topological polar surface area (TPSA) is 44.8 Å². The largest absolute Gasteiger partial charge is 0.403 e. The number of carbonyl (C=O) groups excluding carboxylic acids is 1. The van der Waals surface area contributed by atoms with Crippen molar-refractivity contribution in [2.45, 2.75) is 80.2 Å². The summed E-state index contributed by atoms with van der Waals surface area (Å²) in [6.07, 6.45) is 8.50. The minimum absolute atomic E-state index is 0.0527. The Hall–Kier alpha value is 0.0900. The lowest BCUT2D eigenvalue weighted by Gasteiger charge is -2.38. The third-order valence-corrected chi connectivity index (χ3v) is 5.24. The third-order valence-electron chi connectivity index (χ3n) is 4.12. The molecule has 0 heterocycles. The summed E-state index contributed by atoms with van der Waals surface area (Å²) in [6.45, 7) is 5.27. The smallest absolute Gasteiger partial charge is 0.353 e. The molecule has 2 aliphatic carbocycles. The molecule has 4 nitrogen and oxygen atoms in total. The molecule has 2 aliphatic rings. The van der Waals surface area contributed by atoms with Gasteiger partial charge in [0.1, 0.15) is 0 Å². The Balaban J connectivity index is 2.16. The molecule has 0 aromatic carbocycles. The van der Waals surface area contributed by atoms with Crippen molar-refractivity contribution in [3.8, 4) is 0 Å². The van der Waals surface area contributed by atoms with Gasteiger partial charge in [0.2, 0.25) is 0 Å². The van der Waals surface area contributed by atoms with Gasteiger partial charge in [0.15, 0.2) is 3.74 Å². The molecule has 2 rings (SSSR count). The Morgan fingerprint density at radius 1 is 1.05 bits per heavy atom. The van der Waals surface area contributed by atoms with E-state index in [-0.39, 0.29) is 12.2 Å². The van der Waals surface area contributed by atoms with Crippen molar-refractivity contribution in [3.63, 3.8) is 0 Å². The van der Waals surface area contributed by atoms with Crippen molar-refractivity contribution in [2.75, 3.05) is 0 Å². The molecule has 0 aromatic rings. The molecule has 0 aliphatic heterocycles. The maximum atomic E-state index is 12.1. The number of halogens is 2. The summed E-state index contributed by atoms with van der Waals surface area (Å²) in [5, 5.41) is 0. The molecule has 2 fully saturated rings. The maximum absolute atomic E-state index is 12.1. The number of rotatable bonds is 7. The predicted molar refractivity (Wildman–Crippen MR) is 92.0 cm³/mol. The highest BCUT2D eigenvalue weighted by atomic mass is 79.9. The van der Waals surface area contributed by atoms with Crippen LogP contribution in [0.3, 0.4) is 0 Å². The average molecular weight is 440 g/mol. The van der Waals surface area contributed by atoms with E-state index in [0.29, 0.717) is 5.57 Å². The molecular formula is C16H24Br2O4. The van der Waals surface area contributed by atoms with Gasteiger partial charge in [0.25, 0.3) is 0 Å². The second-order valence-corrected chi connectivity index (χ2v) is 9.18. The molecule has 22 heavy (non-hydrogen) atoms. The van der Waals surface area contributed by atoms with E-state index >= 15 is 0 Å². The fourth-order valence-electron chi connectivity index (χ4n) is 2.92. The normalized spacial score (nSPS) is 20.7. The van der Waals surface area contributed by atoms with Crippen molar-refractivity contribution in [3.05, 3.63) is 12.2 Å². The molecule has 0 aromatic heterocycles. The molecule has 0 unspecified atom stereocenters. The predicted octanol–water partition coefficient (Wildman–Crippen LogP) is 4.79. The molecule has 0 amide bonds. The zero-order valence-corrected chi connectivity index (χ0v) is 16.2. The molecule has 0 N–H and O–H groups in total. The van der Waals surface area contributed by atoms with Gasteiger partial charge in [0, 0.05) is 5.57 Å². The Labute approximate surface area is 149 Å². The summed E-state index contributed by atoms with van der Waals surface area (Å²) >= 11 is 6.90. The van der Waals surface area contributed by atoms with Crippen molar-refractivity contribution in [1.29, 1.82) is 0 Å². The van der Waals surface area contributed by atoms with Crippen LogP contribution in [0.2, 0.25) is 0 Å². The zero-order chi connectivity index (χ0) is 16.2. The fourth-order valence-corrected chi connectivity index (χ4v) is 3.54. The van der Waals surface area contributed by atoms with Crippen molar-refractivity contribution < 1.29 is 19.0 Å². The lowest BCUT2D eigenvalue weighted by molar-refractivity contribution is -0.376. The summed E-state index contributed by atoms with van der Waals surface area (Å²) in [6, 6.07) is 0. The monoisotopic (exact) mass is 438 g/mol. The van der Waals surface area contributed by atoms with Gasteiger partial charge in [-0.15, -0.1) is 0 Å². The van der Waals surface area contributed by atoms with Crippen LogP contribution in [-0.4, -0.2) is 27.9 Å². The second-order valence-electron chi connectivity index (χ2n) is 6.12. The summed E-state index contributed by atoms with van der Waals surface area (Å²) in [5.74, 6) is -1.94. The Morgan fingerprint density at radius 3 is 1.77 bits per heavy atom. The first kappa shape index (κ1) is 18.4. The lowest BCUT2D eigenvalue weighted by Crippen LogP contribution is -2.50. The lowest BCUT2D eigenvalue weighted by atomic mass is 10.3. The Morgan fingerprint density at radius 2 is 1.45 bits per heavy atom. The van der Waals surface area contributed by atoms with Crippen LogP contribution in [0.5, 0.6) is 0 Å². The van der Waals surface area contributed by atoms with Crippen LogP contribution < -0.4 is 0 Å². The Kier molecular flexibility index (Phi) is 6.92. The average Bonchev–Trinajstić information content (AvgIpc) is 3.11. The van der Waals surface area contributed by atoms with Gasteiger partial charge in [-0.25, -0.2) is 4.79 Å². The van der Waals surface area contributed by atoms with Crippen molar-refractivity contribution >= 4 is 37.8 Å². The molecular weight excluding hydrogens is 416 g/mol. The number of ether oxygens (including phenoxy) is 3. The van der Waals surface area contributed by atoms with E-state index in [1.165, 1.54) is 0 Å². The van der Waals surface area contributed by atoms with Crippen LogP contribution in [0.15, 0.2) is 12.2 Å². The molecule has 0 spiro atoms. The van der Waals surface area contributed by atoms with Gasteiger partial charge in [-0.3, -0.25) is 0 Å². The van der Waals surface area contributed by atoms with Gasteiger partial charge in [-0.1, -0.05) is 64.1 Å². The van der Waals surface area contributed by atoms with E-state index in [4.69, 9.17) is 14.2 Å². The molecule has 0 atom stereocenters. The number of alkyl halides is 2. The summed E-state index contributed by atoms with van der Waals surface area (Å²) < 4.78 is 17.4. The first-order valence-corrected chi connectivity index (χ1v) is 9.79. The van der Waals surface area contributed by atoms with Crippen LogP contribution in [0, 0.1) is 0 Å². The first-order chi connectivity index (χ1) is 10.4. The van der Waals surface area contributed by atoms with Gasteiger partial charge in [-0.05, 0) is 32.6 Å². The van der Waals surface area contributed by atoms with Crippen LogP contribution in [0.25, 0.3) is 0 Å². The molecule has 0 saturated heterocycles. The van der Waals surface area contributed by atoms with Crippen LogP contribution >= 0.6 is 31.9 Å². The zero-order valence-electron chi connectivity index (χ0n) is 13.0. The number of hydrogen-bond acceptors (Lipinski definition) is 4. The van der Waals surface area contributed by atoms with Gasteiger partial charge >= 0.3 is 11.9 Å². The third kappa shape index (κ3) is 4.79. The van der Waals surface area contributed by atoms with E-state index in [1.807, 2.05) is 0 Å². The minimum atomic E-state index is -1.44. The van der Waals surface area contributed by atoms with Gasteiger partial charge in [0.05, 0.1) is 12.2 Å². The first-order valence-electron chi connectivity index (χ1n) is 7.95. The SMILES string of the molecule is C=C(C)C(=O)OC(OC1CCCC1)(OC1CCCC1)C(Br)Br. The van der Waals surface area contributed by atoms with E-state index in [0.717, 1.165) is 51.4 Å². The molecule has 6 heteroatoms. The summed E-state index contributed by atoms with van der Waals surface area (Å²) in [7, 11) is 0. The maximum Gasteiger partial charge on any atom is 0.353 e. The second kappa shape index (κ2) is 8.27. The van der Waals surface area contributed by atoms with Crippen LogP contribution in [0.4, 0.5) is 0 Å². The highest BCUT2D eigenvalue weighted by Crippen LogP contribution is 2.39. The van der Waals surface area contributed by atoms with E-state index < -0.39 is 15.7 Å². The van der Waals surface area contributed by atoms with Crippen LogP contribution in [-0.2, 0) is 19.0 Å². The van der Waals surface area contributed by atoms with E-state index in [1.54, 1.807) is 6.92 Å². The highest BCUT2D eigenvalue weighted by molar-refractivity contribution is 9.24. The van der Waals surface area contributed by atoms with Gasteiger partial charge in [-0.2, -0.15) is 0 Å².